The quantitative estimate of drug-likeness (QED) is 0.372. The second kappa shape index (κ2) is 10.3. The van der Waals surface area contributed by atoms with E-state index in [1.54, 1.807) is 12.1 Å². The number of nitrogens with zero attached hydrogens (tertiary/aromatic N) is 1. The SMILES string of the molecule is CCCCCCCC(Cc1ccc([N+](=O)[O-])cc1)NCC. The maximum atomic E-state index is 10.7. The fourth-order valence-corrected chi connectivity index (χ4v) is 2.60. The second-order valence-corrected chi connectivity index (χ2v) is 5.59. The Morgan fingerprint density at radius 3 is 2.33 bits per heavy atom. The maximum Gasteiger partial charge on any atom is 0.269 e. The predicted molar refractivity (Wildman–Crippen MR) is 87.6 cm³/mol. The minimum absolute atomic E-state index is 0.165. The molecule has 0 saturated carbocycles. The molecule has 1 atom stereocenters. The Morgan fingerprint density at radius 2 is 1.76 bits per heavy atom. The third-order valence-electron chi connectivity index (χ3n) is 3.78. The van der Waals surface area contributed by atoms with Gasteiger partial charge in [0.05, 0.1) is 4.92 Å². The zero-order valence-electron chi connectivity index (χ0n) is 13.3. The third kappa shape index (κ3) is 7.23. The number of nitrogens with one attached hydrogen (secondary N) is 1. The van der Waals surface area contributed by atoms with E-state index in [9.17, 15) is 10.1 Å². The number of benzene rings is 1. The molecule has 0 amide bonds. The monoisotopic (exact) mass is 292 g/mol. The van der Waals surface area contributed by atoms with Crippen LogP contribution < -0.4 is 5.32 Å². The van der Waals surface area contributed by atoms with Crippen LogP contribution in [-0.4, -0.2) is 17.5 Å². The van der Waals surface area contributed by atoms with E-state index in [1.165, 1.54) is 44.1 Å². The van der Waals surface area contributed by atoms with Gasteiger partial charge in [-0.3, -0.25) is 10.1 Å². The number of rotatable bonds is 11. The fourth-order valence-electron chi connectivity index (χ4n) is 2.60. The normalized spacial score (nSPS) is 12.3. The Labute approximate surface area is 128 Å². The van der Waals surface area contributed by atoms with Crippen molar-refractivity contribution in [2.75, 3.05) is 6.54 Å². The highest BCUT2D eigenvalue weighted by Crippen LogP contribution is 2.15. The van der Waals surface area contributed by atoms with Crippen molar-refractivity contribution in [1.29, 1.82) is 0 Å². The molecule has 1 unspecified atom stereocenters. The Bertz CT molecular complexity index is 404. The first-order valence-corrected chi connectivity index (χ1v) is 8.14. The number of unbranched alkanes of at least 4 members (excludes halogenated alkanes) is 4. The smallest absolute Gasteiger partial charge is 0.269 e. The Morgan fingerprint density at radius 1 is 1.10 bits per heavy atom. The lowest BCUT2D eigenvalue weighted by molar-refractivity contribution is -0.384. The summed E-state index contributed by atoms with van der Waals surface area (Å²) in [5, 5.41) is 14.2. The van der Waals surface area contributed by atoms with E-state index in [4.69, 9.17) is 0 Å². The number of nitro benzene ring substituents is 1. The van der Waals surface area contributed by atoms with Crippen LogP contribution in [0.3, 0.4) is 0 Å². The third-order valence-corrected chi connectivity index (χ3v) is 3.78. The Hall–Kier alpha value is -1.42. The molecule has 0 aliphatic heterocycles. The summed E-state index contributed by atoms with van der Waals surface area (Å²) in [6.07, 6.45) is 8.61. The summed E-state index contributed by atoms with van der Waals surface area (Å²) in [5.74, 6) is 0. The highest BCUT2D eigenvalue weighted by Gasteiger charge is 2.10. The Kier molecular flexibility index (Phi) is 8.67. The van der Waals surface area contributed by atoms with Crippen molar-refractivity contribution in [1.82, 2.24) is 5.32 Å². The van der Waals surface area contributed by atoms with E-state index in [2.05, 4.69) is 19.2 Å². The molecule has 0 heterocycles. The van der Waals surface area contributed by atoms with Gasteiger partial charge in [-0.2, -0.15) is 0 Å². The lowest BCUT2D eigenvalue weighted by Gasteiger charge is -2.18. The summed E-state index contributed by atoms with van der Waals surface area (Å²) in [4.78, 5) is 10.3. The molecule has 0 saturated heterocycles. The topological polar surface area (TPSA) is 55.2 Å². The molecule has 0 fully saturated rings. The predicted octanol–water partition coefficient (Wildman–Crippen LogP) is 4.48. The molecule has 0 aliphatic rings. The van der Waals surface area contributed by atoms with Gasteiger partial charge in [-0.25, -0.2) is 0 Å². The van der Waals surface area contributed by atoms with Crippen LogP contribution in [0.5, 0.6) is 0 Å². The molecule has 1 aromatic rings. The molecule has 0 aromatic heterocycles. The van der Waals surface area contributed by atoms with Crippen LogP contribution in [0.1, 0.15) is 57.9 Å². The minimum Gasteiger partial charge on any atom is -0.314 e. The van der Waals surface area contributed by atoms with Crippen molar-refractivity contribution in [3.63, 3.8) is 0 Å². The summed E-state index contributed by atoms with van der Waals surface area (Å²) in [6.45, 7) is 5.32. The zero-order valence-corrected chi connectivity index (χ0v) is 13.3. The number of hydrogen-bond donors (Lipinski definition) is 1. The first kappa shape index (κ1) is 17.6. The highest BCUT2D eigenvalue weighted by molar-refractivity contribution is 5.33. The van der Waals surface area contributed by atoms with Crippen molar-refractivity contribution in [2.24, 2.45) is 0 Å². The molecule has 0 spiro atoms. The summed E-state index contributed by atoms with van der Waals surface area (Å²) in [5.41, 5.74) is 1.33. The first-order valence-electron chi connectivity index (χ1n) is 8.14. The van der Waals surface area contributed by atoms with Crippen molar-refractivity contribution in [3.05, 3.63) is 39.9 Å². The lowest BCUT2D eigenvalue weighted by atomic mass is 9.99. The van der Waals surface area contributed by atoms with Gasteiger partial charge in [0.1, 0.15) is 0 Å². The standard InChI is InChI=1S/C17H28N2O2/c1-3-5-6-7-8-9-16(18-4-2)14-15-10-12-17(13-11-15)19(20)21/h10-13,16,18H,3-9,14H2,1-2H3. The number of hydrogen-bond acceptors (Lipinski definition) is 3. The van der Waals surface area contributed by atoms with Gasteiger partial charge in [-0.1, -0.05) is 58.1 Å². The maximum absolute atomic E-state index is 10.7. The molecule has 1 aromatic carbocycles. The number of likely N-dealkylation sites (N-methyl/N-ethyl adjacent to an activating group) is 1. The van der Waals surface area contributed by atoms with Gasteiger partial charge in [0.2, 0.25) is 0 Å². The molecule has 0 bridgehead atoms. The van der Waals surface area contributed by atoms with Crippen molar-refractivity contribution < 1.29 is 4.92 Å². The highest BCUT2D eigenvalue weighted by atomic mass is 16.6. The molecule has 1 rings (SSSR count). The van der Waals surface area contributed by atoms with Gasteiger partial charge in [-0.15, -0.1) is 0 Å². The van der Waals surface area contributed by atoms with Crippen molar-refractivity contribution >= 4 is 5.69 Å². The van der Waals surface area contributed by atoms with E-state index in [-0.39, 0.29) is 10.6 Å². The van der Waals surface area contributed by atoms with E-state index in [1.807, 2.05) is 12.1 Å². The van der Waals surface area contributed by atoms with Gasteiger partial charge in [0, 0.05) is 18.2 Å². The summed E-state index contributed by atoms with van der Waals surface area (Å²) in [7, 11) is 0. The van der Waals surface area contributed by atoms with Crippen LogP contribution in [0.25, 0.3) is 0 Å². The van der Waals surface area contributed by atoms with Crippen molar-refractivity contribution in [3.8, 4) is 0 Å². The van der Waals surface area contributed by atoms with E-state index < -0.39 is 0 Å². The Balaban J connectivity index is 2.43. The molecule has 21 heavy (non-hydrogen) atoms. The average molecular weight is 292 g/mol. The molecule has 0 radical (unpaired) electrons. The summed E-state index contributed by atoms with van der Waals surface area (Å²) >= 11 is 0. The molecular weight excluding hydrogens is 264 g/mol. The number of nitro groups is 1. The molecule has 0 aliphatic carbocycles. The minimum atomic E-state index is -0.348. The second-order valence-electron chi connectivity index (χ2n) is 5.59. The van der Waals surface area contributed by atoms with Gasteiger partial charge in [-0.05, 0) is 24.9 Å². The molecular formula is C17H28N2O2. The largest absolute Gasteiger partial charge is 0.314 e. The van der Waals surface area contributed by atoms with Gasteiger partial charge in [0.25, 0.3) is 5.69 Å². The van der Waals surface area contributed by atoms with Crippen LogP contribution >= 0.6 is 0 Å². The lowest BCUT2D eigenvalue weighted by Crippen LogP contribution is -2.30. The average Bonchev–Trinajstić information content (AvgIpc) is 2.47. The van der Waals surface area contributed by atoms with E-state index in [0.29, 0.717) is 6.04 Å². The molecule has 4 nitrogen and oxygen atoms in total. The van der Waals surface area contributed by atoms with Gasteiger partial charge in [0.15, 0.2) is 0 Å². The first-order chi connectivity index (χ1) is 10.2. The molecule has 118 valence electrons. The fraction of sp³-hybridized carbons (Fsp3) is 0.647. The zero-order chi connectivity index (χ0) is 15.5. The van der Waals surface area contributed by atoms with Gasteiger partial charge >= 0.3 is 0 Å². The van der Waals surface area contributed by atoms with Crippen LogP contribution in [0, 0.1) is 10.1 Å². The van der Waals surface area contributed by atoms with E-state index in [0.717, 1.165) is 13.0 Å². The summed E-state index contributed by atoms with van der Waals surface area (Å²) < 4.78 is 0. The van der Waals surface area contributed by atoms with Crippen LogP contribution in [0.15, 0.2) is 24.3 Å². The van der Waals surface area contributed by atoms with Crippen LogP contribution in [-0.2, 0) is 6.42 Å². The van der Waals surface area contributed by atoms with E-state index >= 15 is 0 Å². The number of non-ortho nitro benzene ring substituents is 1. The van der Waals surface area contributed by atoms with Crippen LogP contribution in [0.2, 0.25) is 0 Å². The molecule has 1 N–H and O–H groups in total. The van der Waals surface area contributed by atoms with Crippen molar-refractivity contribution in [2.45, 2.75) is 64.8 Å². The molecule has 4 heteroatoms. The summed E-state index contributed by atoms with van der Waals surface area (Å²) in [6, 6.07) is 7.41. The van der Waals surface area contributed by atoms with Gasteiger partial charge < -0.3 is 5.32 Å². The van der Waals surface area contributed by atoms with Crippen LogP contribution in [0.4, 0.5) is 5.69 Å².